The van der Waals surface area contributed by atoms with Crippen molar-refractivity contribution in [3.05, 3.63) is 4.88 Å². The first-order valence-corrected chi connectivity index (χ1v) is 7.35. The number of hydrogen-bond donors (Lipinski definition) is 3. The number of nitrogen functional groups attached to an aromatic ring is 1. The number of nitrogens with zero attached hydrogens (tertiary/aromatic N) is 2. The molecule has 0 spiro atoms. The molecule has 1 heterocycles. The molecule has 1 rings (SSSR count). The van der Waals surface area contributed by atoms with Gasteiger partial charge in [-0.1, -0.05) is 11.3 Å². The standard InChI is InChI=1S/C12H21N5O2S/c1-4-17(5-2)8(18)6-7-15-11(19)9-10(13)16-12(14-3)20-9/h4-7,13H2,1-3H3,(H,14,16)(H,15,19). The number of hydrogen-bond acceptors (Lipinski definition) is 6. The van der Waals surface area contributed by atoms with Crippen molar-refractivity contribution in [2.45, 2.75) is 20.3 Å². The summed E-state index contributed by atoms with van der Waals surface area (Å²) in [5.74, 6) is -0.0655. The van der Waals surface area contributed by atoms with Crippen LogP contribution in [0.25, 0.3) is 0 Å². The molecule has 0 aliphatic rings. The van der Waals surface area contributed by atoms with E-state index in [1.54, 1.807) is 11.9 Å². The molecule has 8 heteroatoms. The van der Waals surface area contributed by atoms with Crippen LogP contribution >= 0.6 is 11.3 Å². The fourth-order valence-electron chi connectivity index (χ4n) is 1.70. The van der Waals surface area contributed by atoms with Crippen molar-refractivity contribution in [1.82, 2.24) is 15.2 Å². The number of carbonyl (C=O) groups is 2. The van der Waals surface area contributed by atoms with Crippen LogP contribution in [0.5, 0.6) is 0 Å². The number of nitrogens with one attached hydrogen (secondary N) is 2. The highest BCUT2D eigenvalue weighted by Gasteiger charge is 2.16. The van der Waals surface area contributed by atoms with E-state index in [0.717, 1.165) is 0 Å². The predicted molar refractivity (Wildman–Crippen MR) is 81.0 cm³/mol. The Morgan fingerprint density at radius 3 is 2.50 bits per heavy atom. The van der Waals surface area contributed by atoms with E-state index < -0.39 is 0 Å². The fourth-order valence-corrected chi connectivity index (χ4v) is 2.45. The zero-order chi connectivity index (χ0) is 15.1. The molecule has 0 aliphatic heterocycles. The van der Waals surface area contributed by atoms with Crippen LogP contribution < -0.4 is 16.4 Å². The van der Waals surface area contributed by atoms with Crippen LogP contribution in [0.15, 0.2) is 0 Å². The van der Waals surface area contributed by atoms with Gasteiger partial charge in [-0.3, -0.25) is 9.59 Å². The lowest BCUT2D eigenvalue weighted by Gasteiger charge is -2.18. The summed E-state index contributed by atoms with van der Waals surface area (Å²) in [6.45, 7) is 5.50. The van der Waals surface area contributed by atoms with Crippen LogP contribution in [0.3, 0.4) is 0 Å². The molecule has 0 aromatic carbocycles. The maximum absolute atomic E-state index is 11.9. The molecular formula is C12H21N5O2S. The van der Waals surface area contributed by atoms with Gasteiger partial charge in [0.2, 0.25) is 5.91 Å². The number of aromatic nitrogens is 1. The summed E-state index contributed by atoms with van der Waals surface area (Å²) in [6, 6.07) is 0. The average Bonchev–Trinajstić information content (AvgIpc) is 2.81. The number of thiazole rings is 1. The largest absolute Gasteiger partial charge is 0.382 e. The lowest BCUT2D eigenvalue weighted by Crippen LogP contribution is -2.34. The molecule has 4 N–H and O–H groups in total. The second kappa shape index (κ2) is 7.68. The lowest BCUT2D eigenvalue weighted by atomic mass is 10.3. The van der Waals surface area contributed by atoms with Gasteiger partial charge in [-0.15, -0.1) is 0 Å². The number of carbonyl (C=O) groups excluding carboxylic acids is 2. The molecule has 0 bridgehead atoms. The van der Waals surface area contributed by atoms with Crippen LogP contribution in [-0.4, -0.2) is 48.4 Å². The van der Waals surface area contributed by atoms with Gasteiger partial charge in [-0.05, 0) is 13.8 Å². The van der Waals surface area contributed by atoms with E-state index in [0.29, 0.717) is 29.6 Å². The Kier molecular flexibility index (Phi) is 6.23. The lowest BCUT2D eigenvalue weighted by molar-refractivity contribution is -0.130. The Morgan fingerprint density at radius 2 is 2.00 bits per heavy atom. The predicted octanol–water partition coefficient (Wildman–Crippen LogP) is 0.755. The molecule has 0 aliphatic carbocycles. The average molecular weight is 299 g/mol. The molecule has 0 atom stereocenters. The van der Waals surface area contributed by atoms with Gasteiger partial charge in [0.05, 0.1) is 0 Å². The Hall–Kier alpha value is -1.83. The third-order valence-corrected chi connectivity index (χ3v) is 3.90. The van der Waals surface area contributed by atoms with E-state index >= 15 is 0 Å². The Balaban J connectivity index is 2.47. The molecule has 20 heavy (non-hydrogen) atoms. The maximum atomic E-state index is 11.9. The number of nitrogens with two attached hydrogens (primary N) is 1. The van der Waals surface area contributed by atoms with Crippen molar-refractivity contribution in [2.24, 2.45) is 0 Å². The van der Waals surface area contributed by atoms with Gasteiger partial charge in [-0.25, -0.2) is 4.98 Å². The highest BCUT2D eigenvalue weighted by Crippen LogP contribution is 2.24. The molecule has 0 fully saturated rings. The molecule has 0 saturated heterocycles. The van der Waals surface area contributed by atoms with Gasteiger partial charge in [0.25, 0.3) is 5.91 Å². The van der Waals surface area contributed by atoms with Crippen molar-refractivity contribution in [2.75, 3.05) is 37.7 Å². The molecular weight excluding hydrogens is 278 g/mol. The van der Waals surface area contributed by atoms with E-state index in [4.69, 9.17) is 5.73 Å². The van der Waals surface area contributed by atoms with E-state index in [2.05, 4.69) is 15.6 Å². The minimum absolute atomic E-state index is 0.0310. The summed E-state index contributed by atoms with van der Waals surface area (Å²) in [5.41, 5.74) is 5.66. The highest BCUT2D eigenvalue weighted by molar-refractivity contribution is 7.18. The molecule has 1 aromatic heterocycles. The second-order valence-electron chi connectivity index (χ2n) is 4.06. The minimum Gasteiger partial charge on any atom is -0.382 e. The normalized spacial score (nSPS) is 10.2. The first kappa shape index (κ1) is 16.2. The monoisotopic (exact) mass is 299 g/mol. The molecule has 0 saturated carbocycles. The molecule has 1 aromatic rings. The van der Waals surface area contributed by atoms with Gasteiger partial charge >= 0.3 is 0 Å². The van der Waals surface area contributed by atoms with E-state index in [9.17, 15) is 9.59 Å². The third-order valence-electron chi connectivity index (χ3n) is 2.81. The highest BCUT2D eigenvalue weighted by atomic mass is 32.1. The summed E-state index contributed by atoms with van der Waals surface area (Å²) >= 11 is 1.19. The van der Waals surface area contributed by atoms with Crippen molar-refractivity contribution < 1.29 is 9.59 Å². The van der Waals surface area contributed by atoms with E-state index in [1.807, 2.05) is 13.8 Å². The smallest absolute Gasteiger partial charge is 0.265 e. The molecule has 0 unspecified atom stereocenters. The Bertz CT molecular complexity index is 470. The van der Waals surface area contributed by atoms with Gasteiger partial charge in [0.15, 0.2) is 5.13 Å². The van der Waals surface area contributed by atoms with Crippen molar-refractivity contribution in [3.63, 3.8) is 0 Å². The molecule has 7 nitrogen and oxygen atoms in total. The zero-order valence-electron chi connectivity index (χ0n) is 12.0. The number of anilines is 2. The van der Waals surface area contributed by atoms with Crippen molar-refractivity contribution in [1.29, 1.82) is 0 Å². The number of rotatable bonds is 7. The van der Waals surface area contributed by atoms with Crippen molar-refractivity contribution >= 4 is 34.1 Å². The minimum atomic E-state index is -0.297. The summed E-state index contributed by atoms with van der Waals surface area (Å²) in [4.78, 5) is 29.8. The van der Waals surface area contributed by atoms with Gasteiger partial charge < -0.3 is 21.3 Å². The van der Waals surface area contributed by atoms with E-state index in [-0.39, 0.29) is 24.1 Å². The summed E-state index contributed by atoms with van der Waals surface area (Å²) in [5, 5.41) is 6.11. The van der Waals surface area contributed by atoms with Gasteiger partial charge in [0.1, 0.15) is 10.7 Å². The summed E-state index contributed by atoms with van der Waals surface area (Å²) in [7, 11) is 1.71. The SMILES string of the molecule is CCN(CC)C(=O)CCNC(=O)c1sc(NC)nc1N. The fraction of sp³-hybridized carbons (Fsp3) is 0.583. The third kappa shape index (κ3) is 4.09. The van der Waals surface area contributed by atoms with Crippen molar-refractivity contribution in [3.8, 4) is 0 Å². The van der Waals surface area contributed by atoms with Crippen LogP contribution in [0.1, 0.15) is 29.9 Å². The van der Waals surface area contributed by atoms with Crippen LogP contribution in [-0.2, 0) is 4.79 Å². The first-order valence-electron chi connectivity index (χ1n) is 6.53. The zero-order valence-corrected chi connectivity index (χ0v) is 12.8. The number of amides is 2. The molecule has 2 amide bonds. The van der Waals surface area contributed by atoms with Crippen LogP contribution in [0.4, 0.5) is 10.9 Å². The first-order chi connectivity index (χ1) is 9.53. The van der Waals surface area contributed by atoms with Gasteiger partial charge in [-0.2, -0.15) is 0 Å². The summed E-state index contributed by atoms with van der Waals surface area (Å²) in [6.07, 6.45) is 0.283. The Labute approximate surface area is 122 Å². The summed E-state index contributed by atoms with van der Waals surface area (Å²) < 4.78 is 0. The van der Waals surface area contributed by atoms with Gasteiger partial charge in [0, 0.05) is 33.1 Å². The van der Waals surface area contributed by atoms with E-state index in [1.165, 1.54) is 11.3 Å². The topological polar surface area (TPSA) is 100 Å². The molecule has 112 valence electrons. The second-order valence-corrected chi connectivity index (χ2v) is 5.05. The van der Waals surface area contributed by atoms with Crippen LogP contribution in [0, 0.1) is 0 Å². The Morgan fingerprint density at radius 1 is 1.35 bits per heavy atom. The maximum Gasteiger partial charge on any atom is 0.265 e. The van der Waals surface area contributed by atoms with Crippen LogP contribution in [0.2, 0.25) is 0 Å². The molecule has 0 radical (unpaired) electrons. The quantitative estimate of drug-likeness (QED) is 0.690.